The molecule has 0 radical (unpaired) electrons. The summed E-state index contributed by atoms with van der Waals surface area (Å²) in [6.45, 7) is 1.27. The van der Waals surface area contributed by atoms with Gasteiger partial charge in [0.05, 0.1) is 5.69 Å². The molecule has 7 heteroatoms. The van der Waals surface area contributed by atoms with E-state index in [1.54, 1.807) is 0 Å². The smallest absolute Gasteiger partial charge is 0.272 e. The van der Waals surface area contributed by atoms with E-state index in [9.17, 15) is 14.0 Å². The first-order valence-corrected chi connectivity index (χ1v) is 5.78. The molecule has 0 aliphatic rings. The van der Waals surface area contributed by atoms with E-state index in [0.717, 1.165) is 6.07 Å². The number of H-pyrrole nitrogens is 1. The van der Waals surface area contributed by atoms with Gasteiger partial charge in [-0.05, 0) is 24.3 Å². The Kier molecular flexibility index (Phi) is 3.69. The van der Waals surface area contributed by atoms with Gasteiger partial charge in [0.25, 0.3) is 5.91 Å². The van der Waals surface area contributed by atoms with Crippen LogP contribution in [0.4, 0.5) is 21.5 Å². The SMILES string of the molecule is CC(=O)Nc1cc(NC(=O)c2cc(N)c[nH]2)ccc1F. The van der Waals surface area contributed by atoms with Crippen molar-refractivity contribution < 1.29 is 14.0 Å². The van der Waals surface area contributed by atoms with Crippen LogP contribution in [0.15, 0.2) is 30.5 Å². The fraction of sp³-hybridized carbons (Fsp3) is 0.0769. The van der Waals surface area contributed by atoms with Gasteiger partial charge in [-0.25, -0.2) is 4.39 Å². The summed E-state index contributed by atoms with van der Waals surface area (Å²) in [5, 5.41) is 4.91. The van der Waals surface area contributed by atoms with Gasteiger partial charge in [0, 0.05) is 24.5 Å². The number of nitrogens with two attached hydrogens (primary N) is 1. The number of benzene rings is 1. The Morgan fingerprint density at radius 2 is 2.00 bits per heavy atom. The van der Waals surface area contributed by atoms with Gasteiger partial charge in [-0.3, -0.25) is 9.59 Å². The Bertz CT molecular complexity index is 666. The largest absolute Gasteiger partial charge is 0.397 e. The monoisotopic (exact) mass is 276 g/mol. The molecule has 0 bridgehead atoms. The minimum Gasteiger partial charge on any atom is -0.397 e. The zero-order valence-electron chi connectivity index (χ0n) is 10.7. The molecule has 0 aliphatic carbocycles. The highest BCUT2D eigenvalue weighted by Gasteiger charge is 2.10. The molecule has 2 rings (SSSR count). The van der Waals surface area contributed by atoms with Gasteiger partial charge in [-0.15, -0.1) is 0 Å². The lowest BCUT2D eigenvalue weighted by Gasteiger charge is -2.08. The van der Waals surface area contributed by atoms with Crippen molar-refractivity contribution in [3.05, 3.63) is 42.0 Å². The zero-order chi connectivity index (χ0) is 14.7. The number of nitrogens with one attached hydrogen (secondary N) is 3. The zero-order valence-corrected chi connectivity index (χ0v) is 10.7. The highest BCUT2D eigenvalue weighted by molar-refractivity contribution is 6.04. The number of hydrogen-bond acceptors (Lipinski definition) is 3. The van der Waals surface area contributed by atoms with Gasteiger partial charge < -0.3 is 21.4 Å². The van der Waals surface area contributed by atoms with Crippen LogP contribution in [0.2, 0.25) is 0 Å². The van der Waals surface area contributed by atoms with Crippen molar-refractivity contribution in [2.45, 2.75) is 6.92 Å². The van der Waals surface area contributed by atoms with E-state index in [0.29, 0.717) is 11.4 Å². The lowest BCUT2D eigenvalue weighted by molar-refractivity contribution is -0.114. The highest BCUT2D eigenvalue weighted by atomic mass is 19.1. The number of aromatic nitrogens is 1. The topological polar surface area (TPSA) is 100 Å². The maximum absolute atomic E-state index is 13.4. The minimum atomic E-state index is -0.581. The Hall–Kier alpha value is -2.83. The molecular weight excluding hydrogens is 263 g/mol. The third-order valence-electron chi connectivity index (χ3n) is 2.48. The number of carbonyl (C=O) groups excluding carboxylic acids is 2. The summed E-state index contributed by atoms with van der Waals surface area (Å²) in [5.74, 6) is -1.39. The average molecular weight is 276 g/mol. The van der Waals surface area contributed by atoms with Crippen LogP contribution in [-0.4, -0.2) is 16.8 Å². The van der Waals surface area contributed by atoms with Crippen LogP contribution in [0, 0.1) is 5.82 Å². The van der Waals surface area contributed by atoms with Crippen LogP contribution < -0.4 is 16.4 Å². The number of halogens is 1. The molecule has 2 amide bonds. The van der Waals surface area contributed by atoms with E-state index in [1.165, 1.54) is 31.3 Å². The molecular formula is C13H13FN4O2. The summed E-state index contributed by atoms with van der Waals surface area (Å²) in [4.78, 5) is 25.5. The van der Waals surface area contributed by atoms with Gasteiger partial charge >= 0.3 is 0 Å². The third kappa shape index (κ3) is 3.14. The normalized spacial score (nSPS) is 10.1. The second-order valence-electron chi connectivity index (χ2n) is 4.18. The molecule has 0 spiro atoms. The van der Waals surface area contributed by atoms with E-state index >= 15 is 0 Å². The number of anilines is 3. The summed E-state index contributed by atoms with van der Waals surface area (Å²) in [5.41, 5.74) is 6.58. The quantitative estimate of drug-likeness (QED) is 0.689. The minimum absolute atomic E-state index is 0.00120. The first-order valence-electron chi connectivity index (χ1n) is 5.78. The number of hydrogen-bond donors (Lipinski definition) is 4. The average Bonchev–Trinajstić information content (AvgIpc) is 2.79. The molecule has 1 aromatic carbocycles. The van der Waals surface area contributed by atoms with Crippen molar-refractivity contribution in [1.29, 1.82) is 0 Å². The molecule has 104 valence electrons. The highest BCUT2D eigenvalue weighted by Crippen LogP contribution is 2.20. The van der Waals surface area contributed by atoms with Crippen molar-refractivity contribution in [2.75, 3.05) is 16.4 Å². The van der Waals surface area contributed by atoms with Crippen LogP contribution in [0.1, 0.15) is 17.4 Å². The number of amides is 2. The molecule has 0 unspecified atom stereocenters. The number of aromatic amines is 1. The maximum Gasteiger partial charge on any atom is 0.272 e. The van der Waals surface area contributed by atoms with E-state index in [-0.39, 0.29) is 11.4 Å². The molecule has 6 nitrogen and oxygen atoms in total. The number of rotatable bonds is 3. The van der Waals surface area contributed by atoms with Crippen LogP contribution >= 0.6 is 0 Å². The van der Waals surface area contributed by atoms with Crippen LogP contribution in [0.25, 0.3) is 0 Å². The maximum atomic E-state index is 13.4. The molecule has 0 atom stereocenters. The Morgan fingerprint density at radius 1 is 1.25 bits per heavy atom. The van der Waals surface area contributed by atoms with Gasteiger partial charge in [-0.1, -0.05) is 0 Å². The van der Waals surface area contributed by atoms with E-state index in [1.807, 2.05) is 0 Å². The number of carbonyl (C=O) groups is 2. The summed E-state index contributed by atoms with van der Waals surface area (Å²) in [6, 6.07) is 5.36. The van der Waals surface area contributed by atoms with Gasteiger partial charge in [-0.2, -0.15) is 0 Å². The Morgan fingerprint density at radius 3 is 2.60 bits per heavy atom. The molecule has 0 fully saturated rings. The Balaban J connectivity index is 2.17. The Labute approximate surface area is 114 Å². The molecule has 1 aromatic heterocycles. The lowest BCUT2D eigenvalue weighted by atomic mass is 10.2. The first kappa shape index (κ1) is 13.6. The van der Waals surface area contributed by atoms with E-state index in [4.69, 9.17) is 5.73 Å². The second-order valence-corrected chi connectivity index (χ2v) is 4.18. The van der Waals surface area contributed by atoms with E-state index < -0.39 is 17.6 Å². The molecule has 2 aromatic rings. The van der Waals surface area contributed by atoms with Crippen LogP contribution in [0.3, 0.4) is 0 Å². The first-order chi connectivity index (χ1) is 9.45. The number of nitrogen functional groups attached to an aromatic ring is 1. The van der Waals surface area contributed by atoms with E-state index in [2.05, 4.69) is 15.6 Å². The summed E-state index contributed by atoms with van der Waals surface area (Å²) in [6.07, 6.45) is 1.49. The summed E-state index contributed by atoms with van der Waals surface area (Å²) < 4.78 is 13.4. The van der Waals surface area contributed by atoms with Crippen molar-refractivity contribution in [2.24, 2.45) is 0 Å². The lowest BCUT2D eigenvalue weighted by Crippen LogP contribution is -2.13. The predicted molar refractivity (Wildman–Crippen MR) is 73.9 cm³/mol. The second kappa shape index (κ2) is 5.43. The van der Waals surface area contributed by atoms with Gasteiger partial charge in [0.15, 0.2) is 0 Å². The van der Waals surface area contributed by atoms with Crippen LogP contribution in [-0.2, 0) is 4.79 Å². The molecule has 0 saturated carbocycles. The van der Waals surface area contributed by atoms with Crippen molar-refractivity contribution in [3.8, 4) is 0 Å². The summed E-state index contributed by atoms with van der Waals surface area (Å²) >= 11 is 0. The molecule has 0 saturated heterocycles. The molecule has 20 heavy (non-hydrogen) atoms. The van der Waals surface area contributed by atoms with Gasteiger partial charge in [0.1, 0.15) is 11.5 Å². The van der Waals surface area contributed by atoms with Crippen LogP contribution in [0.5, 0.6) is 0 Å². The molecule has 1 heterocycles. The summed E-state index contributed by atoms with van der Waals surface area (Å²) in [7, 11) is 0. The van der Waals surface area contributed by atoms with Gasteiger partial charge in [0.2, 0.25) is 5.91 Å². The molecule has 5 N–H and O–H groups in total. The van der Waals surface area contributed by atoms with Crippen molar-refractivity contribution >= 4 is 28.9 Å². The molecule has 0 aliphatic heterocycles. The standard InChI is InChI=1S/C13H13FN4O2/c1-7(19)17-11-5-9(2-3-10(11)14)18-13(20)12-4-8(15)6-16-12/h2-6,16H,15H2,1H3,(H,17,19)(H,18,20). The third-order valence-corrected chi connectivity index (χ3v) is 2.48. The van der Waals surface area contributed by atoms with Crippen molar-refractivity contribution in [3.63, 3.8) is 0 Å². The fourth-order valence-electron chi connectivity index (χ4n) is 1.63. The fourth-order valence-corrected chi connectivity index (χ4v) is 1.63. The predicted octanol–water partition coefficient (Wildman–Crippen LogP) is 1.95. The van der Waals surface area contributed by atoms with Crippen molar-refractivity contribution in [1.82, 2.24) is 4.98 Å².